The number of hydrogen-bond acceptors (Lipinski definition) is 2. The molecule has 0 amide bonds. The Bertz CT molecular complexity index is 48.8. The average Bonchev–Trinajstić information content (AvgIpc) is 1.76. The zero-order valence-electron chi connectivity index (χ0n) is 3.26. The fraction of sp³-hybridized carbons (Fsp3) is 0.667. The van der Waals surface area contributed by atoms with Crippen LogP contribution in [0.1, 0.15) is 6.42 Å². The number of nitrogens with zero attached hydrogens (tertiary/aromatic N) is 1. The van der Waals surface area contributed by atoms with E-state index >= 15 is 0 Å². The van der Waals surface area contributed by atoms with Crippen LogP contribution in [0.3, 0.4) is 0 Å². The number of hydrogen-bond donors (Lipinski definition) is 0. The van der Waals surface area contributed by atoms with Crippen molar-refractivity contribution in [3.63, 3.8) is 0 Å². The Morgan fingerprint density at radius 3 is 2.67 bits per heavy atom. The highest BCUT2D eigenvalue weighted by Crippen LogP contribution is 2.07. The third-order valence-electron chi connectivity index (χ3n) is 0.487. The van der Waals surface area contributed by atoms with Gasteiger partial charge < -0.3 is 0 Å². The molecule has 3 heteroatoms. The van der Waals surface area contributed by atoms with Crippen LogP contribution in [0.25, 0.3) is 0 Å². The molecule has 0 fully saturated rings. The number of halogens is 1. The van der Waals surface area contributed by atoms with Gasteiger partial charge in [0.2, 0.25) is 0 Å². The molecule has 6 heavy (non-hydrogen) atoms. The smallest absolute Gasteiger partial charge is 0.0202 e. The van der Waals surface area contributed by atoms with Gasteiger partial charge >= 0.3 is 0 Å². The summed E-state index contributed by atoms with van der Waals surface area (Å²) in [4.78, 5) is 0. The maximum atomic E-state index is 3.88. The second-order valence-electron chi connectivity index (χ2n) is 0.910. The Morgan fingerprint density at radius 1 is 1.67 bits per heavy atom. The Hall–Kier alpha value is 0.310. The zero-order valence-corrected chi connectivity index (χ0v) is 4.89. The topological polar surface area (TPSA) is 12.4 Å². The lowest BCUT2D eigenvalue weighted by Crippen LogP contribution is -1.62. The minimum absolute atomic E-state index is 0. The second kappa shape index (κ2) is 3.50. The van der Waals surface area contributed by atoms with Crippen molar-refractivity contribution in [1.29, 1.82) is 0 Å². The molecule has 1 rings (SSSR count). The van der Waals surface area contributed by atoms with Gasteiger partial charge in [-0.25, -0.2) is 4.40 Å². The van der Waals surface area contributed by atoms with E-state index < -0.39 is 0 Å². The third kappa shape index (κ3) is 1.67. The van der Waals surface area contributed by atoms with Crippen molar-refractivity contribution in [2.45, 2.75) is 6.42 Å². The van der Waals surface area contributed by atoms with Gasteiger partial charge in [-0.3, -0.25) is 0 Å². The summed E-state index contributed by atoms with van der Waals surface area (Å²) in [6.45, 7) is 0. The molecule has 0 bridgehead atoms. The van der Waals surface area contributed by atoms with Crippen LogP contribution in [0, 0.1) is 0 Å². The van der Waals surface area contributed by atoms with Crippen molar-refractivity contribution < 1.29 is 0 Å². The Labute approximate surface area is 47.8 Å². The molecule has 1 aliphatic heterocycles. The third-order valence-corrected chi connectivity index (χ3v) is 1.20. The molecule has 0 spiro atoms. The first kappa shape index (κ1) is 6.31. The van der Waals surface area contributed by atoms with Gasteiger partial charge in [-0.15, -0.1) is 12.4 Å². The van der Waals surface area contributed by atoms with Crippen LogP contribution >= 0.6 is 24.4 Å². The summed E-state index contributed by atoms with van der Waals surface area (Å²) in [5.74, 6) is 1.19. The van der Waals surface area contributed by atoms with Crippen molar-refractivity contribution >= 4 is 30.6 Å². The monoisotopic (exact) mass is 123 g/mol. The van der Waals surface area contributed by atoms with Crippen molar-refractivity contribution in [1.82, 2.24) is 0 Å². The van der Waals surface area contributed by atoms with Crippen molar-refractivity contribution in [3.8, 4) is 0 Å². The lowest BCUT2D eigenvalue weighted by atomic mass is 10.6. The summed E-state index contributed by atoms with van der Waals surface area (Å²) >= 11 is 1.64. The standard InChI is InChI=1S/C3H5NS.ClH/c1-2-4-5-3-1;/h2H,1,3H2;1H. The van der Waals surface area contributed by atoms with E-state index in [2.05, 4.69) is 4.40 Å². The maximum Gasteiger partial charge on any atom is 0.0202 e. The molecule has 0 aromatic rings. The van der Waals surface area contributed by atoms with Gasteiger partial charge in [0.1, 0.15) is 0 Å². The largest absolute Gasteiger partial charge is 0.229 e. The summed E-state index contributed by atoms with van der Waals surface area (Å²) in [6, 6.07) is 0. The predicted molar refractivity (Wildman–Crippen MR) is 32.8 cm³/mol. The molecule has 0 atom stereocenters. The summed E-state index contributed by atoms with van der Waals surface area (Å²) in [6.07, 6.45) is 3.12. The molecule has 0 unspecified atom stereocenters. The molecule has 0 aliphatic carbocycles. The molecule has 0 radical (unpaired) electrons. The van der Waals surface area contributed by atoms with Gasteiger partial charge in [-0.05, 0) is 18.4 Å². The molecule has 1 heterocycles. The van der Waals surface area contributed by atoms with E-state index in [1.165, 1.54) is 12.2 Å². The molecule has 36 valence electrons. The lowest BCUT2D eigenvalue weighted by molar-refractivity contribution is 1.39. The molecule has 0 saturated heterocycles. The lowest BCUT2D eigenvalue weighted by Gasteiger charge is -1.66. The molecule has 0 aromatic heterocycles. The minimum atomic E-state index is 0. The first-order valence-corrected chi connectivity index (χ1v) is 2.58. The van der Waals surface area contributed by atoms with Gasteiger partial charge in [0.05, 0.1) is 0 Å². The molecule has 1 aliphatic rings. The van der Waals surface area contributed by atoms with E-state index in [0.29, 0.717) is 0 Å². The molecule has 0 aromatic carbocycles. The van der Waals surface area contributed by atoms with Crippen LogP contribution in [0.4, 0.5) is 0 Å². The Balaban J connectivity index is 0.000000250. The van der Waals surface area contributed by atoms with E-state index in [1.54, 1.807) is 11.9 Å². The quantitative estimate of drug-likeness (QED) is 0.445. The molecular formula is C3H6ClNS. The van der Waals surface area contributed by atoms with Gasteiger partial charge in [0.25, 0.3) is 0 Å². The van der Waals surface area contributed by atoms with Gasteiger partial charge in [0, 0.05) is 12.0 Å². The molecule has 0 saturated carbocycles. The first-order valence-electron chi connectivity index (χ1n) is 1.64. The summed E-state index contributed by atoms with van der Waals surface area (Å²) in [5, 5.41) is 0. The first-order chi connectivity index (χ1) is 2.50. The van der Waals surface area contributed by atoms with Crippen LogP contribution in [-0.4, -0.2) is 12.0 Å². The zero-order chi connectivity index (χ0) is 3.54. The highest BCUT2D eigenvalue weighted by molar-refractivity contribution is 7.98. The molecular weight excluding hydrogens is 118 g/mol. The van der Waals surface area contributed by atoms with E-state index in [-0.39, 0.29) is 12.4 Å². The Kier molecular flexibility index (Phi) is 3.68. The van der Waals surface area contributed by atoms with Gasteiger partial charge in [0.15, 0.2) is 0 Å². The van der Waals surface area contributed by atoms with Gasteiger partial charge in [-0.1, -0.05) is 0 Å². The van der Waals surface area contributed by atoms with Crippen molar-refractivity contribution in [2.75, 3.05) is 5.75 Å². The summed E-state index contributed by atoms with van der Waals surface area (Å²) in [5.41, 5.74) is 0. The highest BCUT2D eigenvalue weighted by Gasteiger charge is 1.87. The van der Waals surface area contributed by atoms with Crippen LogP contribution in [0.15, 0.2) is 4.40 Å². The van der Waals surface area contributed by atoms with E-state index in [0.717, 1.165) is 0 Å². The van der Waals surface area contributed by atoms with E-state index in [4.69, 9.17) is 0 Å². The minimum Gasteiger partial charge on any atom is -0.229 e. The number of rotatable bonds is 0. The SMILES string of the molecule is C1=NSCC1.Cl. The van der Waals surface area contributed by atoms with Crippen LogP contribution < -0.4 is 0 Å². The van der Waals surface area contributed by atoms with E-state index in [9.17, 15) is 0 Å². The van der Waals surface area contributed by atoms with Crippen molar-refractivity contribution in [3.05, 3.63) is 0 Å². The van der Waals surface area contributed by atoms with Gasteiger partial charge in [-0.2, -0.15) is 0 Å². The highest BCUT2D eigenvalue weighted by atomic mass is 35.5. The van der Waals surface area contributed by atoms with E-state index in [1.807, 2.05) is 6.21 Å². The fourth-order valence-corrected chi connectivity index (χ4v) is 0.791. The normalized spacial score (nSPS) is 17.3. The predicted octanol–water partition coefficient (Wildman–Crippen LogP) is 1.53. The summed E-state index contributed by atoms with van der Waals surface area (Å²) in [7, 11) is 0. The van der Waals surface area contributed by atoms with Crippen LogP contribution in [0.2, 0.25) is 0 Å². The van der Waals surface area contributed by atoms with Crippen LogP contribution in [-0.2, 0) is 0 Å². The maximum absolute atomic E-state index is 3.88. The van der Waals surface area contributed by atoms with Crippen LogP contribution in [0.5, 0.6) is 0 Å². The average molecular weight is 124 g/mol. The molecule has 1 nitrogen and oxygen atoms in total. The second-order valence-corrected chi connectivity index (χ2v) is 1.79. The molecule has 0 N–H and O–H groups in total. The van der Waals surface area contributed by atoms with Crippen molar-refractivity contribution in [2.24, 2.45) is 4.40 Å². The Morgan fingerprint density at radius 2 is 2.50 bits per heavy atom. The fourth-order valence-electron chi connectivity index (χ4n) is 0.264. The summed E-state index contributed by atoms with van der Waals surface area (Å²) < 4.78 is 3.88.